The van der Waals surface area contributed by atoms with E-state index >= 15 is 0 Å². The molecule has 118 valence electrons. The van der Waals surface area contributed by atoms with Crippen LogP contribution in [0, 0.1) is 0 Å². The third-order valence-electron chi connectivity index (χ3n) is 3.85. The van der Waals surface area contributed by atoms with Gasteiger partial charge in [0.15, 0.2) is 5.82 Å². The molecule has 6 nitrogen and oxygen atoms in total. The molecule has 0 bridgehead atoms. The van der Waals surface area contributed by atoms with E-state index in [4.69, 9.17) is 4.52 Å². The van der Waals surface area contributed by atoms with Crippen LogP contribution in [-0.4, -0.2) is 33.3 Å². The molecule has 21 heavy (non-hydrogen) atoms. The number of amides is 1. The first kappa shape index (κ1) is 15.9. The van der Waals surface area contributed by atoms with Crippen LogP contribution in [0.2, 0.25) is 0 Å². The fraction of sp³-hybridized carbons (Fsp3) is 0.800. The number of nitrogens with zero attached hydrogens (tertiary/aromatic N) is 2. The van der Waals surface area contributed by atoms with E-state index in [2.05, 4.69) is 15.5 Å². The summed E-state index contributed by atoms with van der Waals surface area (Å²) in [5, 5.41) is 16.9. The Kier molecular flexibility index (Phi) is 4.66. The highest BCUT2D eigenvalue weighted by atomic mass is 16.5. The first-order chi connectivity index (χ1) is 9.78. The van der Waals surface area contributed by atoms with Crippen LogP contribution in [-0.2, 0) is 16.6 Å². The Bertz CT molecular complexity index is 485. The van der Waals surface area contributed by atoms with Gasteiger partial charge in [0, 0.05) is 24.8 Å². The van der Waals surface area contributed by atoms with Crippen LogP contribution >= 0.6 is 0 Å². The Balaban J connectivity index is 1.75. The molecule has 1 aromatic heterocycles. The molecule has 1 aromatic rings. The quantitative estimate of drug-likeness (QED) is 0.863. The Labute approximate surface area is 125 Å². The van der Waals surface area contributed by atoms with E-state index in [0.29, 0.717) is 31.1 Å². The highest BCUT2D eigenvalue weighted by Crippen LogP contribution is 2.28. The molecule has 2 rings (SSSR count). The minimum absolute atomic E-state index is 0.0918. The van der Waals surface area contributed by atoms with Crippen molar-refractivity contribution in [3.05, 3.63) is 11.7 Å². The van der Waals surface area contributed by atoms with Crippen LogP contribution in [0.3, 0.4) is 0 Å². The largest absolute Gasteiger partial charge is 0.388 e. The topological polar surface area (TPSA) is 88.2 Å². The lowest BCUT2D eigenvalue weighted by Gasteiger charge is -2.22. The Morgan fingerprint density at radius 1 is 1.38 bits per heavy atom. The smallest absolute Gasteiger partial charge is 0.227 e. The molecule has 0 unspecified atom stereocenters. The van der Waals surface area contributed by atoms with Gasteiger partial charge in [0.25, 0.3) is 0 Å². The van der Waals surface area contributed by atoms with Gasteiger partial charge in [-0.25, -0.2) is 0 Å². The van der Waals surface area contributed by atoms with Gasteiger partial charge >= 0.3 is 0 Å². The molecule has 0 aliphatic heterocycles. The van der Waals surface area contributed by atoms with Crippen molar-refractivity contribution in [3.63, 3.8) is 0 Å². The molecule has 2 N–H and O–H groups in total. The monoisotopic (exact) mass is 295 g/mol. The van der Waals surface area contributed by atoms with Crippen LogP contribution in [0.4, 0.5) is 0 Å². The fourth-order valence-corrected chi connectivity index (χ4v) is 2.44. The van der Waals surface area contributed by atoms with Gasteiger partial charge < -0.3 is 14.9 Å². The van der Waals surface area contributed by atoms with Crippen molar-refractivity contribution in [2.45, 2.75) is 70.3 Å². The zero-order valence-corrected chi connectivity index (χ0v) is 13.1. The summed E-state index contributed by atoms with van der Waals surface area (Å²) in [6.45, 7) is 6.37. The average molecular weight is 295 g/mol. The minimum atomic E-state index is -0.709. The van der Waals surface area contributed by atoms with E-state index in [9.17, 15) is 9.90 Å². The Morgan fingerprint density at radius 2 is 2.05 bits per heavy atom. The molecule has 0 spiro atoms. The van der Waals surface area contributed by atoms with Gasteiger partial charge in [0.05, 0.1) is 5.60 Å². The maximum atomic E-state index is 11.8. The first-order valence-electron chi connectivity index (χ1n) is 7.61. The highest BCUT2D eigenvalue weighted by molar-refractivity contribution is 5.76. The number of hydrogen-bond acceptors (Lipinski definition) is 5. The summed E-state index contributed by atoms with van der Waals surface area (Å²) < 4.78 is 5.15. The molecule has 1 aliphatic rings. The molecule has 1 heterocycles. The Hall–Kier alpha value is -1.43. The summed E-state index contributed by atoms with van der Waals surface area (Å²) in [7, 11) is 0. The number of rotatable bonds is 5. The molecular formula is C15H25N3O3. The molecule has 0 atom stereocenters. The molecule has 1 aliphatic carbocycles. The third-order valence-corrected chi connectivity index (χ3v) is 3.85. The van der Waals surface area contributed by atoms with Crippen molar-refractivity contribution < 1.29 is 14.4 Å². The second kappa shape index (κ2) is 6.13. The van der Waals surface area contributed by atoms with E-state index in [0.717, 1.165) is 25.7 Å². The van der Waals surface area contributed by atoms with E-state index < -0.39 is 5.60 Å². The second-order valence-corrected chi connectivity index (χ2v) is 6.97. The maximum absolute atomic E-state index is 11.8. The lowest BCUT2D eigenvalue weighted by Crippen LogP contribution is -2.40. The molecule has 0 radical (unpaired) electrons. The summed E-state index contributed by atoms with van der Waals surface area (Å²) in [6, 6.07) is 0. The third kappa shape index (κ3) is 4.52. The predicted octanol–water partition coefficient (Wildman–Crippen LogP) is 1.72. The zero-order valence-electron chi connectivity index (χ0n) is 13.1. The lowest BCUT2D eigenvalue weighted by molar-refractivity contribution is -0.122. The molecule has 6 heteroatoms. The van der Waals surface area contributed by atoms with Crippen molar-refractivity contribution in [2.75, 3.05) is 6.54 Å². The lowest BCUT2D eigenvalue weighted by atomic mass is 9.96. The molecule has 1 amide bonds. The number of aryl methyl sites for hydroxylation is 1. The number of carbonyl (C=O) groups excluding carboxylic acids is 1. The van der Waals surface area contributed by atoms with Gasteiger partial charge in [-0.05, 0) is 12.8 Å². The molecule has 1 fully saturated rings. The molecule has 0 aromatic carbocycles. The summed E-state index contributed by atoms with van der Waals surface area (Å²) >= 11 is 0. The van der Waals surface area contributed by atoms with Crippen LogP contribution in [0.15, 0.2) is 4.52 Å². The zero-order chi connectivity index (χ0) is 15.5. The summed E-state index contributed by atoms with van der Waals surface area (Å²) in [5.74, 6) is 1.04. The number of aromatic nitrogens is 2. The Morgan fingerprint density at radius 3 is 2.62 bits per heavy atom. The fourth-order valence-electron chi connectivity index (χ4n) is 2.44. The number of carbonyl (C=O) groups is 1. The first-order valence-corrected chi connectivity index (χ1v) is 7.61. The number of aliphatic hydroxyl groups is 1. The van der Waals surface area contributed by atoms with Crippen molar-refractivity contribution in [1.29, 1.82) is 0 Å². The van der Waals surface area contributed by atoms with Crippen LogP contribution in [0.1, 0.15) is 64.6 Å². The summed E-state index contributed by atoms with van der Waals surface area (Å²) in [6.07, 6.45) is 4.32. The van der Waals surface area contributed by atoms with Gasteiger partial charge in [0.1, 0.15) is 0 Å². The summed E-state index contributed by atoms with van der Waals surface area (Å²) in [5.41, 5.74) is -0.866. The van der Waals surface area contributed by atoms with Crippen molar-refractivity contribution in [1.82, 2.24) is 15.5 Å². The molecule has 0 saturated heterocycles. The maximum Gasteiger partial charge on any atom is 0.227 e. The number of nitrogens with one attached hydrogen (secondary N) is 1. The van der Waals surface area contributed by atoms with Crippen LogP contribution < -0.4 is 5.32 Å². The average Bonchev–Trinajstić information content (AvgIpc) is 3.03. The van der Waals surface area contributed by atoms with E-state index in [1.54, 1.807) is 0 Å². The minimum Gasteiger partial charge on any atom is -0.388 e. The van der Waals surface area contributed by atoms with Crippen LogP contribution in [0.5, 0.6) is 0 Å². The van der Waals surface area contributed by atoms with Crippen LogP contribution in [0.25, 0.3) is 0 Å². The van der Waals surface area contributed by atoms with Gasteiger partial charge in [0.2, 0.25) is 11.8 Å². The normalized spacial score (nSPS) is 17.9. The van der Waals surface area contributed by atoms with Gasteiger partial charge in [-0.1, -0.05) is 38.8 Å². The van der Waals surface area contributed by atoms with E-state index in [1.807, 2.05) is 20.8 Å². The second-order valence-electron chi connectivity index (χ2n) is 6.97. The van der Waals surface area contributed by atoms with Crippen molar-refractivity contribution >= 4 is 5.91 Å². The van der Waals surface area contributed by atoms with Crippen molar-refractivity contribution in [2.24, 2.45) is 0 Å². The van der Waals surface area contributed by atoms with Gasteiger partial charge in [-0.15, -0.1) is 0 Å². The van der Waals surface area contributed by atoms with E-state index in [1.165, 1.54) is 0 Å². The van der Waals surface area contributed by atoms with Gasteiger partial charge in [-0.3, -0.25) is 4.79 Å². The summed E-state index contributed by atoms with van der Waals surface area (Å²) in [4.78, 5) is 16.1. The predicted molar refractivity (Wildman–Crippen MR) is 77.7 cm³/mol. The highest BCUT2D eigenvalue weighted by Gasteiger charge is 2.31. The van der Waals surface area contributed by atoms with Gasteiger partial charge in [-0.2, -0.15) is 4.98 Å². The number of hydrogen-bond donors (Lipinski definition) is 2. The molecular weight excluding hydrogens is 270 g/mol. The standard InChI is InChI=1S/C15H25N3O3/c1-14(2,3)13-17-12(21-18-13)7-6-11(19)16-10-15(20)8-4-5-9-15/h20H,4-10H2,1-3H3,(H,16,19). The SMILES string of the molecule is CC(C)(C)c1noc(CCC(=O)NCC2(O)CCCC2)n1. The van der Waals surface area contributed by atoms with Crippen molar-refractivity contribution in [3.8, 4) is 0 Å². The molecule has 1 saturated carbocycles. The van der Waals surface area contributed by atoms with E-state index in [-0.39, 0.29) is 11.3 Å².